The van der Waals surface area contributed by atoms with Crippen molar-refractivity contribution in [3.05, 3.63) is 53.6 Å². The Hall–Kier alpha value is -2.72. The smallest absolute Gasteiger partial charge is 0.240 e. The highest BCUT2D eigenvalue weighted by molar-refractivity contribution is 7.89. The first kappa shape index (κ1) is 24.5. The number of ether oxygens (including phenoxy) is 2. The minimum Gasteiger partial charge on any atom is -0.493 e. The van der Waals surface area contributed by atoms with E-state index in [4.69, 9.17) is 9.47 Å². The Morgan fingerprint density at radius 1 is 1.06 bits per heavy atom. The molecule has 170 valence electrons. The van der Waals surface area contributed by atoms with E-state index in [1.54, 1.807) is 18.2 Å². The molecular formula is C21H26F2N2O5S. The van der Waals surface area contributed by atoms with Gasteiger partial charge in [0.05, 0.1) is 18.6 Å². The lowest BCUT2D eigenvalue weighted by atomic mass is 10.2. The molecule has 31 heavy (non-hydrogen) atoms. The van der Waals surface area contributed by atoms with Crippen molar-refractivity contribution >= 4 is 15.9 Å². The first-order chi connectivity index (χ1) is 14.8. The van der Waals surface area contributed by atoms with Crippen LogP contribution >= 0.6 is 0 Å². The van der Waals surface area contributed by atoms with Gasteiger partial charge in [0.2, 0.25) is 15.9 Å². The van der Waals surface area contributed by atoms with E-state index in [9.17, 15) is 22.0 Å². The summed E-state index contributed by atoms with van der Waals surface area (Å²) in [4.78, 5) is 11.6. The molecule has 0 aromatic heterocycles. The lowest BCUT2D eigenvalue weighted by molar-refractivity contribution is -0.121. The quantitative estimate of drug-likeness (QED) is 0.479. The minimum absolute atomic E-state index is 0.127. The maximum atomic E-state index is 13.2. The zero-order chi connectivity index (χ0) is 22.9. The Morgan fingerprint density at radius 3 is 2.52 bits per heavy atom. The van der Waals surface area contributed by atoms with Crippen LogP contribution < -0.4 is 19.5 Å². The number of benzene rings is 2. The number of methoxy groups -OCH3 is 1. The summed E-state index contributed by atoms with van der Waals surface area (Å²) in [6, 6.07) is 7.59. The summed E-state index contributed by atoms with van der Waals surface area (Å²) in [5, 5.41) is 2.68. The van der Waals surface area contributed by atoms with Crippen LogP contribution in [0.3, 0.4) is 0 Å². The molecule has 0 heterocycles. The molecule has 0 aliphatic rings. The second kappa shape index (κ2) is 11.6. The Bertz CT molecular complexity index is 999. The van der Waals surface area contributed by atoms with Crippen molar-refractivity contribution in [3.63, 3.8) is 0 Å². The number of halogens is 2. The van der Waals surface area contributed by atoms with Crippen molar-refractivity contribution in [1.82, 2.24) is 10.0 Å². The third-order valence-electron chi connectivity index (χ3n) is 4.32. The topological polar surface area (TPSA) is 93.7 Å². The summed E-state index contributed by atoms with van der Waals surface area (Å²) in [7, 11) is -2.52. The van der Waals surface area contributed by atoms with E-state index in [1.807, 2.05) is 0 Å². The normalized spacial score (nSPS) is 11.2. The first-order valence-corrected chi connectivity index (χ1v) is 11.3. The van der Waals surface area contributed by atoms with Crippen molar-refractivity contribution in [2.75, 3.05) is 20.3 Å². The van der Waals surface area contributed by atoms with Gasteiger partial charge in [0.1, 0.15) is 0 Å². The van der Waals surface area contributed by atoms with Gasteiger partial charge in [-0.3, -0.25) is 4.79 Å². The van der Waals surface area contributed by atoms with Gasteiger partial charge in [0.25, 0.3) is 0 Å². The highest BCUT2D eigenvalue weighted by Gasteiger charge is 2.16. The van der Waals surface area contributed by atoms with Gasteiger partial charge in [0, 0.05) is 19.5 Å². The van der Waals surface area contributed by atoms with Gasteiger partial charge in [-0.05, 0) is 42.3 Å². The van der Waals surface area contributed by atoms with E-state index in [0.717, 1.165) is 30.5 Å². The molecule has 0 atom stereocenters. The molecule has 10 heteroatoms. The number of hydrogen-bond acceptors (Lipinski definition) is 5. The number of carbonyl (C=O) groups excluding carboxylic acids is 1. The summed E-state index contributed by atoms with van der Waals surface area (Å²) in [5.74, 6) is -1.61. The molecule has 0 saturated heterocycles. The third-order valence-corrected chi connectivity index (χ3v) is 5.78. The van der Waals surface area contributed by atoms with E-state index >= 15 is 0 Å². The maximum Gasteiger partial charge on any atom is 0.240 e. The van der Waals surface area contributed by atoms with Gasteiger partial charge in [-0.2, -0.15) is 0 Å². The van der Waals surface area contributed by atoms with Gasteiger partial charge in [-0.25, -0.2) is 21.9 Å². The van der Waals surface area contributed by atoms with E-state index < -0.39 is 26.6 Å². The lowest BCUT2D eigenvalue weighted by Gasteiger charge is -2.12. The van der Waals surface area contributed by atoms with Gasteiger partial charge in [-0.15, -0.1) is 0 Å². The molecule has 2 aromatic carbocycles. The molecule has 0 aliphatic heterocycles. The number of hydrogen-bond donors (Lipinski definition) is 2. The van der Waals surface area contributed by atoms with Crippen LogP contribution in [0.15, 0.2) is 41.3 Å². The fraction of sp³-hybridized carbons (Fsp3) is 0.381. The van der Waals surface area contributed by atoms with Crippen LogP contribution in [-0.2, 0) is 21.4 Å². The number of amides is 1. The second-order valence-corrected chi connectivity index (χ2v) is 8.45. The molecule has 0 fully saturated rings. The summed E-state index contributed by atoms with van der Waals surface area (Å²) in [6.45, 7) is 2.68. The highest BCUT2D eigenvalue weighted by Crippen LogP contribution is 2.28. The number of unbranched alkanes of at least 4 members (excludes halogenated alkanes) is 1. The van der Waals surface area contributed by atoms with Crippen LogP contribution in [0.5, 0.6) is 11.5 Å². The third kappa shape index (κ3) is 7.48. The summed E-state index contributed by atoms with van der Waals surface area (Å²) in [6.07, 6.45) is 1.82. The van der Waals surface area contributed by atoms with Gasteiger partial charge in [0.15, 0.2) is 23.1 Å². The predicted octanol–water partition coefficient (Wildman–Crippen LogP) is 3.14. The molecule has 0 spiro atoms. The van der Waals surface area contributed by atoms with E-state index in [-0.39, 0.29) is 25.4 Å². The molecule has 2 rings (SSSR count). The van der Waals surface area contributed by atoms with Crippen molar-refractivity contribution in [3.8, 4) is 11.5 Å². The SMILES string of the molecule is CCCCOc1ccc(CNC(=O)CCNS(=O)(=O)c2ccc(F)c(F)c2)cc1OC. The molecule has 0 bridgehead atoms. The summed E-state index contributed by atoms with van der Waals surface area (Å²) in [5.41, 5.74) is 0.787. The molecule has 2 N–H and O–H groups in total. The first-order valence-electron chi connectivity index (χ1n) is 9.78. The molecule has 7 nitrogen and oxygen atoms in total. The summed E-state index contributed by atoms with van der Waals surface area (Å²) < 4.78 is 63.5. The van der Waals surface area contributed by atoms with Crippen LogP contribution in [0.1, 0.15) is 31.7 Å². The van der Waals surface area contributed by atoms with E-state index in [2.05, 4.69) is 17.0 Å². The maximum absolute atomic E-state index is 13.2. The van der Waals surface area contributed by atoms with Crippen LogP contribution in [0.25, 0.3) is 0 Å². The zero-order valence-corrected chi connectivity index (χ0v) is 18.2. The van der Waals surface area contributed by atoms with Crippen LogP contribution in [0.2, 0.25) is 0 Å². The van der Waals surface area contributed by atoms with Crippen molar-refractivity contribution in [2.45, 2.75) is 37.6 Å². The summed E-state index contributed by atoms with van der Waals surface area (Å²) >= 11 is 0. The highest BCUT2D eigenvalue weighted by atomic mass is 32.2. The Kier molecular flexibility index (Phi) is 9.20. The van der Waals surface area contributed by atoms with E-state index in [1.165, 1.54) is 7.11 Å². The van der Waals surface area contributed by atoms with Crippen LogP contribution in [0, 0.1) is 11.6 Å². The number of carbonyl (C=O) groups is 1. The lowest BCUT2D eigenvalue weighted by Crippen LogP contribution is -2.30. The monoisotopic (exact) mass is 456 g/mol. The Morgan fingerprint density at radius 2 is 1.84 bits per heavy atom. The Labute approximate surface area is 180 Å². The van der Waals surface area contributed by atoms with Crippen molar-refractivity contribution < 1.29 is 31.5 Å². The van der Waals surface area contributed by atoms with Crippen LogP contribution in [0.4, 0.5) is 8.78 Å². The molecule has 0 aliphatic carbocycles. The molecule has 1 amide bonds. The number of nitrogens with one attached hydrogen (secondary N) is 2. The Balaban J connectivity index is 1.83. The molecular weight excluding hydrogens is 430 g/mol. The minimum atomic E-state index is -4.05. The molecule has 0 saturated carbocycles. The van der Waals surface area contributed by atoms with Gasteiger partial charge in [-0.1, -0.05) is 19.4 Å². The fourth-order valence-electron chi connectivity index (χ4n) is 2.58. The number of rotatable bonds is 12. The standard InChI is InChI=1S/C21H26F2N2O5S/c1-3-4-11-30-19-8-5-15(12-20(19)29-2)14-24-21(26)9-10-25-31(27,28)16-6-7-17(22)18(23)13-16/h5-8,12-13,25H,3-4,9-11,14H2,1-2H3,(H,24,26). The second-order valence-electron chi connectivity index (χ2n) is 6.69. The molecule has 0 radical (unpaired) electrons. The molecule has 2 aromatic rings. The molecule has 0 unspecified atom stereocenters. The predicted molar refractivity (Wildman–Crippen MR) is 111 cm³/mol. The fourth-order valence-corrected chi connectivity index (χ4v) is 3.63. The largest absolute Gasteiger partial charge is 0.493 e. The van der Waals surface area contributed by atoms with Crippen LogP contribution in [-0.4, -0.2) is 34.6 Å². The number of sulfonamides is 1. The van der Waals surface area contributed by atoms with E-state index in [0.29, 0.717) is 24.2 Å². The van der Waals surface area contributed by atoms with Crippen molar-refractivity contribution in [2.24, 2.45) is 0 Å². The zero-order valence-electron chi connectivity index (χ0n) is 17.4. The van der Waals surface area contributed by atoms with Crippen molar-refractivity contribution in [1.29, 1.82) is 0 Å². The van der Waals surface area contributed by atoms with Gasteiger partial charge >= 0.3 is 0 Å². The van der Waals surface area contributed by atoms with Gasteiger partial charge < -0.3 is 14.8 Å². The average molecular weight is 457 g/mol. The average Bonchev–Trinajstić information content (AvgIpc) is 2.74.